The molecule has 0 rings (SSSR count). The normalized spacial score (nSPS) is 16.8. The average Bonchev–Trinajstić information content (AvgIpc) is 2.03. The number of carboxylic acids is 1. The summed E-state index contributed by atoms with van der Waals surface area (Å²) in [5, 5.41) is 17.1. The minimum absolute atomic E-state index is 0.170. The number of allylic oxidation sites excluding steroid dienone is 1. The highest BCUT2D eigenvalue weighted by Gasteiger charge is 2.35. The number of aliphatic hydroxyl groups excluding tert-OH is 1. The van der Waals surface area contributed by atoms with Crippen molar-refractivity contribution in [3.8, 4) is 0 Å². The Morgan fingerprint density at radius 1 is 1.64 bits per heavy atom. The van der Waals surface area contributed by atoms with Gasteiger partial charge in [0, 0.05) is 0 Å². The Balaban J connectivity index is 4.59. The van der Waals surface area contributed by atoms with Crippen molar-refractivity contribution in [1.82, 2.24) is 0 Å². The smallest absolute Gasteiger partial charge is 0.309 e. The van der Waals surface area contributed by atoms with Gasteiger partial charge in [0.1, 0.15) is 6.10 Å². The summed E-state index contributed by atoms with van der Waals surface area (Å²) in [6.45, 7) is 4.85. The molecule has 0 aromatic carbocycles. The van der Waals surface area contributed by atoms with E-state index in [2.05, 4.69) is 6.58 Å². The Hall–Kier alpha value is -0.870. The number of halogens is 1. The van der Waals surface area contributed by atoms with Crippen molar-refractivity contribution in [1.29, 1.82) is 0 Å². The van der Waals surface area contributed by atoms with E-state index in [1.165, 1.54) is 13.0 Å². The largest absolute Gasteiger partial charge is 0.481 e. The van der Waals surface area contributed by atoms with Gasteiger partial charge in [-0.25, -0.2) is 0 Å². The zero-order valence-corrected chi connectivity index (χ0v) is 8.62. The molecule has 0 saturated heterocycles. The molecule has 0 unspecified atom stereocenters. The van der Waals surface area contributed by atoms with Gasteiger partial charge in [0.15, 0.2) is 0 Å². The predicted octanol–water partition coefficient (Wildman–Crippen LogP) is 1.17. The molecule has 0 aliphatic rings. The number of hydrogen-bond donors (Lipinski definition) is 2. The molecule has 14 heavy (non-hydrogen) atoms. The third-order valence-electron chi connectivity index (χ3n) is 2.02. The number of carboxylic acid groups (broad SMARTS) is 1. The van der Waals surface area contributed by atoms with Gasteiger partial charge in [-0.05, 0) is 31.4 Å². The second kappa shape index (κ2) is 5.12. The molecule has 0 saturated carbocycles. The van der Waals surface area contributed by atoms with Gasteiger partial charge in [0.2, 0.25) is 5.24 Å². The number of aliphatic carboxylic acids is 1. The number of carbonyl (C=O) groups excluding carboxylic acids is 1. The Morgan fingerprint density at radius 2 is 2.14 bits per heavy atom. The summed E-state index contributed by atoms with van der Waals surface area (Å²) in [6.07, 6.45) is -0.0579. The Bertz CT molecular complexity index is 251. The van der Waals surface area contributed by atoms with Crippen molar-refractivity contribution in [3.05, 3.63) is 12.7 Å². The van der Waals surface area contributed by atoms with Crippen molar-refractivity contribution in [3.63, 3.8) is 0 Å². The van der Waals surface area contributed by atoms with Gasteiger partial charge in [0.05, 0.1) is 5.41 Å². The van der Waals surface area contributed by atoms with Crippen LogP contribution in [0, 0.1) is 5.41 Å². The van der Waals surface area contributed by atoms with Crippen LogP contribution in [0.15, 0.2) is 12.7 Å². The predicted molar refractivity (Wildman–Crippen MR) is 52.0 cm³/mol. The second-order valence-electron chi connectivity index (χ2n) is 3.38. The van der Waals surface area contributed by atoms with Gasteiger partial charge in [-0.3, -0.25) is 9.59 Å². The van der Waals surface area contributed by atoms with Gasteiger partial charge in [-0.2, -0.15) is 0 Å². The molecule has 0 fully saturated rings. The topological polar surface area (TPSA) is 74.6 Å². The summed E-state index contributed by atoms with van der Waals surface area (Å²) in [4.78, 5) is 21.4. The van der Waals surface area contributed by atoms with Crippen LogP contribution in [0.1, 0.15) is 19.8 Å². The Labute approximate surface area is 87.2 Å². The number of carbonyl (C=O) groups is 2. The minimum atomic E-state index is -1.45. The van der Waals surface area contributed by atoms with E-state index in [1.807, 2.05) is 0 Å². The van der Waals surface area contributed by atoms with Crippen LogP contribution in [-0.2, 0) is 9.59 Å². The fraction of sp³-hybridized carbons (Fsp3) is 0.556. The summed E-state index contributed by atoms with van der Waals surface area (Å²) in [6, 6.07) is 0. The first-order chi connectivity index (χ1) is 6.33. The fourth-order valence-electron chi connectivity index (χ4n) is 1.08. The lowest BCUT2D eigenvalue weighted by molar-refractivity contribution is -0.150. The SMILES string of the molecule is C=CC[C@@](C)(C[C@H](O)C(=O)Cl)C(=O)O. The van der Waals surface area contributed by atoms with Gasteiger partial charge >= 0.3 is 5.97 Å². The molecular formula is C9H13ClO4. The highest BCUT2D eigenvalue weighted by Crippen LogP contribution is 2.29. The molecule has 2 N–H and O–H groups in total. The van der Waals surface area contributed by atoms with E-state index in [1.54, 1.807) is 0 Å². The molecule has 0 radical (unpaired) electrons. The van der Waals surface area contributed by atoms with Crippen LogP contribution >= 0.6 is 11.6 Å². The first-order valence-electron chi connectivity index (χ1n) is 4.05. The third-order valence-corrected chi connectivity index (χ3v) is 2.27. The molecule has 0 aliphatic heterocycles. The molecule has 0 amide bonds. The van der Waals surface area contributed by atoms with E-state index in [0.29, 0.717) is 0 Å². The summed E-state index contributed by atoms with van der Waals surface area (Å²) in [5.41, 5.74) is -1.20. The fourth-order valence-corrected chi connectivity index (χ4v) is 1.16. The van der Waals surface area contributed by atoms with Crippen LogP contribution in [0.2, 0.25) is 0 Å². The number of aliphatic hydroxyl groups is 1. The van der Waals surface area contributed by atoms with E-state index in [-0.39, 0.29) is 12.8 Å². The van der Waals surface area contributed by atoms with Crippen LogP contribution in [-0.4, -0.2) is 27.5 Å². The van der Waals surface area contributed by atoms with E-state index in [0.717, 1.165) is 0 Å². The van der Waals surface area contributed by atoms with Crippen LogP contribution < -0.4 is 0 Å². The number of hydrogen-bond acceptors (Lipinski definition) is 3. The zero-order chi connectivity index (χ0) is 11.4. The molecule has 0 spiro atoms. The van der Waals surface area contributed by atoms with Crippen molar-refractivity contribution < 1.29 is 19.8 Å². The molecule has 0 aliphatic carbocycles. The molecule has 0 heterocycles. The molecular weight excluding hydrogens is 208 g/mol. The summed E-state index contributed by atoms with van der Waals surface area (Å²) in [7, 11) is 0. The van der Waals surface area contributed by atoms with E-state index < -0.39 is 22.7 Å². The lowest BCUT2D eigenvalue weighted by Crippen LogP contribution is -2.33. The van der Waals surface area contributed by atoms with Crippen LogP contribution in [0.5, 0.6) is 0 Å². The quantitative estimate of drug-likeness (QED) is 0.521. The highest BCUT2D eigenvalue weighted by atomic mass is 35.5. The maximum atomic E-state index is 10.9. The average molecular weight is 221 g/mol. The second-order valence-corrected chi connectivity index (χ2v) is 3.76. The lowest BCUT2D eigenvalue weighted by atomic mass is 9.81. The van der Waals surface area contributed by atoms with E-state index >= 15 is 0 Å². The van der Waals surface area contributed by atoms with Crippen molar-refractivity contribution in [2.75, 3.05) is 0 Å². The van der Waals surface area contributed by atoms with Crippen LogP contribution in [0.25, 0.3) is 0 Å². The molecule has 4 nitrogen and oxygen atoms in total. The van der Waals surface area contributed by atoms with Gasteiger partial charge in [-0.1, -0.05) is 6.08 Å². The van der Waals surface area contributed by atoms with E-state index in [9.17, 15) is 9.59 Å². The maximum Gasteiger partial charge on any atom is 0.309 e. The monoisotopic (exact) mass is 220 g/mol. The Kier molecular flexibility index (Phi) is 4.80. The van der Waals surface area contributed by atoms with Crippen LogP contribution in [0.3, 0.4) is 0 Å². The molecule has 0 aromatic rings. The zero-order valence-electron chi connectivity index (χ0n) is 7.86. The number of rotatable bonds is 6. The maximum absolute atomic E-state index is 10.9. The molecule has 5 heteroatoms. The molecule has 80 valence electrons. The molecule has 0 bridgehead atoms. The minimum Gasteiger partial charge on any atom is -0.481 e. The third kappa shape index (κ3) is 3.47. The summed E-state index contributed by atoms with van der Waals surface area (Å²) < 4.78 is 0. The first-order valence-corrected chi connectivity index (χ1v) is 4.43. The van der Waals surface area contributed by atoms with Gasteiger partial charge in [0.25, 0.3) is 0 Å². The van der Waals surface area contributed by atoms with Gasteiger partial charge in [-0.15, -0.1) is 6.58 Å². The van der Waals surface area contributed by atoms with Crippen LogP contribution in [0.4, 0.5) is 0 Å². The summed E-state index contributed by atoms with van der Waals surface area (Å²) >= 11 is 5.03. The van der Waals surface area contributed by atoms with Crippen molar-refractivity contribution in [2.24, 2.45) is 5.41 Å². The lowest BCUT2D eigenvalue weighted by Gasteiger charge is -2.24. The van der Waals surface area contributed by atoms with Crippen molar-refractivity contribution in [2.45, 2.75) is 25.9 Å². The summed E-state index contributed by atoms with van der Waals surface area (Å²) in [5.74, 6) is -1.09. The molecule has 2 atom stereocenters. The highest BCUT2D eigenvalue weighted by molar-refractivity contribution is 6.64. The first kappa shape index (κ1) is 13.1. The molecule has 0 aromatic heterocycles. The Morgan fingerprint density at radius 3 is 2.43 bits per heavy atom. The van der Waals surface area contributed by atoms with Gasteiger partial charge < -0.3 is 10.2 Å². The standard InChI is InChI=1S/C9H13ClO4/c1-3-4-9(2,8(13)14)5-6(11)7(10)12/h3,6,11H,1,4-5H2,2H3,(H,13,14)/t6-,9-/m0/s1. The van der Waals surface area contributed by atoms with Crippen molar-refractivity contribution >= 4 is 22.8 Å². The van der Waals surface area contributed by atoms with E-state index in [4.69, 9.17) is 21.8 Å².